The number of likely N-dealkylation sites (tertiary alicyclic amines) is 1. The predicted molar refractivity (Wildman–Crippen MR) is 88.4 cm³/mol. The van der Waals surface area contributed by atoms with Crippen LogP contribution in [-0.4, -0.2) is 35.8 Å². The van der Waals surface area contributed by atoms with Crippen LogP contribution in [0.15, 0.2) is 18.2 Å². The van der Waals surface area contributed by atoms with Gasteiger partial charge in [0.25, 0.3) is 5.91 Å². The van der Waals surface area contributed by atoms with Crippen molar-refractivity contribution < 1.29 is 9.59 Å². The summed E-state index contributed by atoms with van der Waals surface area (Å²) >= 11 is 11.8. The van der Waals surface area contributed by atoms with Crippen molar-refractivity contribution in [1.29, 1.82) is 0 Å². The molecule has 22 heavy (non-hydrogen) atoms. The Labute approximate surface area is 140 Å². The van der Waals surface area contributed by atoms with Crippen molar-refractivity contribution in [2.75, 3.05) is 13.1 Å². The summed E-state index contributed by atoms with van der Waals surface area (Å²) in [4.78, 5) is 26.7. The molecule has 1 aromatic rings. The topological polar surface area (TPSA) is 49.4 Å². The van der Waals surface area contributed by atoms with E-state index in [1.807, 2.05) is 18.7 Å². The summed E-state index contributed by atoms with van der Waals surface area (Å²) in [6, 6.07) is 4.16. The highest BCUT2D eigenvalue weighted by Crippen LogP contribution is 2.23. The van der Waals surface area contributed by atoms with Crippen LogP contribution in [0.5, 0.6) is 0 Å². The average molecular weight is 343 g/mol. The highest BCUT2D eigenvalue weighted by molar-refractivity contribution is 6.42. The molecule has 120 valence electrons. The van der Waals surface area contributed by atoms with Crippen LogP contribution in [0.25, 0.3) is 0 Å². The second-order valence-corrected chi connectivity index (χ2v) is 6.67. The quantitative estimate of drug-likeness (QED) is 0.911. The van der Waals surface area contributed by atoms with Crippen LogP contribution >= 0.6 is 23.2 Å². The Bertz CT molecular complexity index is 569. The fraction of sp³-hybridized carbons (Fsp3) is 0.500. The van der Waals surface area contributed by atoms with Crippen molar-refractivity contribution in [3.8, 4) is 0 Å². The molecule has 6 heteroatoms. The standard InChI is InChI=1S/C16H20Cl2N2O2/c1-10(2)14(16(22)20-7-3-4-8-20)19-15(21)11-5-6-12(17)13(18)9-11/h5-6,9-10,14H,3-4,7-8H2,1-2H3,(H,19,21)/t14-/m0/s1. The first kappa shape index (κ1) is 17.1. The molecule has 1 aliphatic rings. The molecule has 2 amide bonds. The second kappa shape index (κ2) is 7.34. The summed E-state index contributed by atoms with van der Waals surface area (Å²) < 4.78 is 0. The molecule has 0 aliphatic carbocycles. The Morgan fingerprint density at radius 3 is 2.32 bits per heavy atom. The molecule has 1 aromatic carbocycles. The molecule has 0 bridgehead atoms. The van der Waals surface area contributed by atoms with Gasteiger partial charge in [0.15, 0.2) is 0 Å². The van der Waals surface area contributed by atoms with Gasteiger partial charge in [-0.25, -0.2) is 0 Å². The molecule has 0 spiro atoms. The number of nitrogens with zero attached hydrogens (tertiary/aromatic N) is 1. The fourth-order valence-corrected chi connectivity index (χ4v) is 2.81. The van der Waals surface area contributed by atoms with E-state index in [1.165, 1.54) is 6.07 Å². The first-order valence-corrected chi connectivity index (χ1v) is 8.20. The fourth-order valence-electron chi connectivity index (χ4n) is 2.51. The molecule has 1 heterocycles. The van der Waals surface area contributed by atoms with E-state index in [0.29, 0.717) is 15.6 Å². The van der Waals surface area contributed by atoms with Gasteiger partial charge in [-0.3, -0.25) is 9.59 Å². The third-order valence-electron chi connectivity index (χ3n) is 3.82. The maximum atomic E-state index is 12.5. The van der Waals surface area contributed by atoms with E-state index in [-0.39, 0.29) is 17.7 Å². The number of halogens is 2. The number of hydrogen-bond acceptors (Lipinski definition) is 2. The minimum absolute atomic E-state index is 0.0130. The van der Waals surface area contributed by atoms with Gasteiger partial charge in [-0.1, -0.05) is 37.0 Å². The first-order valence-electron chi connectivity index (χ1n) is 7.45. The lowest BCUT2D eigenvalue weighted by Gasteiger charge is -2.26. The van der Waals surface area contributed by atoms with Crippen LogP contribution in [0, 0.1) is 5.92 Å². The monoisotopic (exact) mass is 342 g/mol. The van der Waals surface area contributed by atoms with Gasteiger partial charge in [0, 0.05) is 18.7 Å². The summed E-state index contributed by atoms with van der Waals surface area (Å²) in [7, 11) is 0. The maximum absolute atomic E-state index is 12.5. The van der Waals surface area contributed by atoms with Gasteiger partial charge in [0.2, 0.25) is 5.91 Å². The van der Waals surface area contributed by atoms with Crippen LogP contribution in [0.2, 0.25) is 10.0 Å². The largest absolute Gasteiger partial charge is 0.341 e. The van der Waals surface area contributed by atoms with Gasteiger partial charge in [-0.2, -0.15) is 0 Å². The number of carbonyl (C=O) groups is 2. The molecule has 0 radical (unpaired) electrons. The molecule has 1 atom stereocenters. The lowest BCUT2D eigenvalue weighted by atomic mass is 10.0. The molecular weight excluding hydrogens is 323 g/mol. The summed E-state index contributed by atoms with van der Waals surface area (Å²) in [6.07, 6.45) is 2.05. The number of amides is 2. The Hall–Kier alpha value is -1.26. The van der Waals surface area contributed by atoms with Gasteiger partial charge in [0.1, 0.15) is 6.04 Å². The Kier molecular flexibility index (Phi) is 5.70. The second-order valence-electron chi connectivity index (χ2n) is 5.86. The molecule has 1 fully saturated rings. The molecule has 0 aromatic heterocycles. The van der Waals surface area contributed by atoms with E-state index in [4.69, 9.17) is 23.2 Å². The van der Waals surface area contributed by atoms with Crippen molar-refractivity contribution in [2.45, 2.75) is 32.7 Å². The van der Waals surface area contributed by atoms with Crippen LogP contribution in [0.1, 0.15) is 37.0 Å². The van der Waals surface area contributed by atoms with Crippen molar-refractivity contribution >= 4 is 35.0 Å². The lowest BCUT2D eigenvalue weighted by Crippen LogP contribution is -2.50. The third kappa shape index (κ3) is 3.93. The zero-order valence-electron chi connectivity index (χ0n) is 12.7. The molecule has 1 saturated heterocycles. The molecule has 2 rings (SSSR count). The summed E-state index contributed by atoms with van der Waals surface area (Å²) in [5.74, 6) is -0.314. The SMILES string of the molecule is CC(C)[C@H](NC(=O)c1ccc(Cl)c(Cl)c1)C(=O)N1CCCC1. The summed E-state index contributed by atoms with van der Waals surface area (Å²) in [6.45, 7) is 5.39. The summed E-state index contributed by atoms with van der Waals surface area (Å²) in [5.41, 5.74) is 0.397. The number of carbonyl (C=O) groups excluding carboxylic acids is 2. The Morgan fingerprint density at radius 1 is 1.14 bits per heavy atom. The van der Waals surface area contributed by atoms with Crippen molar-refractivity contribution in [1.82, 2.24) is 10.2 Å². The number of nitrogens with one attached hydrogen (secondary N) is 1. The Balaban J connectivity index is 2.11. The van der Waals surface area contributed by atoms with Crippen LogP contribution in [-0.2, 0) is 4.79 Å². The third-order valence-corrected chi connectivity index (χ3v) is 4.56. The molecule has 4 nitrogen and oxygen atoms in total. The van der Waals surface area contributed by atoms with Crippen molar-refractivity contribution in [3.05, 3.63) is 33.8 Å². The average Bonchev–Trinajstić information content (AvgIpc) is 3.00. The van der Waals surface area contributed by atoms with E-state index < -0.39 is 6.04 Å². The highest BCUT2D eigenvalue weighted by atomic mass is 35.5. The van der Waals surface area contributed by atoms with Crippen molar-refractivity contribution in [3.63, 3.8) is 0 Å². The number of rotatable bonds is 4. The minimum Gasteiger partial charge on any atom is -0.341 e. The molecule has 0 unspecified atom stereocenters. The Morgan fingerprint density at radius 2 is 1.77 bits per heavy atom. The van der Waals surface area contributed by atoms with Crippen LogP contribution < -0.4 is 5.32 Å². The van der Waals surface area contributed by atoms with E-state index in [1.54, 1.807) is 12.1 Å². The number of hydrogen-bond donors (Lipinski definition) is 1. The van der Waals surface area contributed by atoms with Crippen LogP contribution in [0.4, 0.5) is 0 Å². The van der Waals surface area contributed by atoms with Gasteiger partial charge in [-0.05, 0) is 37.0 Å². The van der Waals surface area contributed by atoms with E-state index in [9.17, 15) is 9.59 Å². The van der Waals surface area contributed by atoms with Gasteiger partial charge >= 0.3 is 0 Å². The smallest absolute Gasteiger partial charge is 0.251 e. The maximum Gasteiger partial charge on any atom is 0.251 e. The summed E-state index contributed by atoms with van der Waals surface area (Å²) in [5, 5.41) is 3.54. The van der Waals surface area contributed by atoms with E-state index in [0.717, 1.165) is 25.9 Å². The zero-order valence-corrected chi connectivity index (χ0v) is 14.2. The highest BCUT2D eigenvalue weighted by Gasteiger charge is 2.30. The molecular formula is C16H20Cl2N2O2. The van der Waals surface area contributed by atoms with E-state index in [2.05, 4.69) is 5.32 Å². The van der Waals surface area contributed by atoms with Gasteiger partial charge in [-0.15, -0.1) is 0 Å². The van der Waals surface area contributed by atoms with Crippen molar-refractivity contribution in [2.24, 2.45) is 5.92 Å². The van der Waals surface area contributed by atoms with Gasteiger partial charge < -0.3 is 10.2 Å². The first-order chi connectivity index (χ1) is 10.4. The normalized spacial score (nSPS) is 16.0. The predicted octanol–water partition coefficient (Wildman–Crippen LogP) is 3.37. The lowest BCUT2D eigenvalue weighted by molar-refractivity contribution is -0.133. The minimum atomic E-state index is -0.528. The molecule has 1 aliphatic heterocycles. The molecule has 1 N–H and O–H groups in total. The number of benzene rings is 1. The van der Waals surface area contributed by atoms with Crippen LogP contribution in [0.3, 0.4) is 0 Å². The van der Waals surface area contributed by atoms with E-state index >= 15 is 0 Å². The van der Waals surface area contributed by atoms with Gasteiger partial charge in [0.05, 0.1) is 10.0 Å². The molecule has 0 saturated carbocycles. The zero-order chi connectivity index (χ0) is 16.3.